The Morgan fingerprint density at radius 3 is 2.83 bits per heavy atom. The number of urea groups is 1. The van der Waals surface area contributed by atoms with Gasteiger partial charge in [0.1, 0.15) is 5.76 Å². The van der Waals surface area contributed by atoms with E-state index in [1.54, 1.807) is 6.07 Å². The monoisotopic (exact) mass is 250 g/mol. The molecule has 1 unspecified atom stereocenters. The van der Waals surface area contributed by atoms with E-state index < -0.39 is 17.5 Å². The third kappa shape index (κ3) is 3.04. The fourth-order valence-corrected chi connectivity index (χ4v) is 1.30. The third-order valence-corrected chi connectivity index (χ3v) is 2.36. The molecule has 0 radical (unpaired) electrons. The van der Waals surface area contributed by atoms with E-state index in [2.05, 4.69) is 16.6 Å². The van der Waals surface area contributed by atoms with E-state index in [0.717, 1.165) is 0 Å². The predicted octanol–water partition coefficient (Wildman–Crippen LogP) is 0.902. The standard InChI is InChI=1S/C12H14N2O4/c1-3-4-7-13-11(17)14-12(2,10(15)16)9-6-5-8-18-9/h1,5-6,8H,4,7H2,2H3,(H,15,16)(H2,13,14,17). The van der Waals surface area contributed by atoms with Gasteiger partial charge < -0.3 is 20.2 Å². The van der Waals surface area contributed by atoms with Crippen molar-refractivity contribution in [2.75, 3.05) is 6.54 Å². The van der Waals surface area contributed by atoms with E-state index in [1.807, 2.05) is 0 Å². The lowest BCUT2D eigenvalue weighted by Crippen LogP contribution is -2.52. The fraction of sp³-hybridized carbons (Fsp3) is 0.333. The molecule has 0 spiro atoms. The highest BCUT2D eigenvalue weighted by molar-refractivity contribution is 5.86. The Morgan fingerprint density at radius 1 is 1.61 bits per heavy atom. The number of terminal acetylenes is 1. The first-order valence-corrected chi connectivity index (χ1v) is 5.27. The van der Waals surface area contributed by atoms with Crippen LogP contribution in [-0.4, -0.2) is 23.7 Å². The molecule has 96 valence electrons. The van der Waals surface area contributed by atoms with Gasteiger partial charge in [0.15, 0.2) is 5.54 Å². The second kappa shape index (κ2) is 5.77. The highest BCUT2D eigenvalue weighted by atomic mass is 16.4. The Morgan fingerprint density at radius 2 is 2.33 bits per heavy atom. The summed E-state index contributed by atoms with van der Waals surface area (Å²) in [6, 6.07) is 2.41. The smallest absolute Gasteiger partial charge is 0.337 e. The summed E-state index contributed by atoms with van der Waals surface area (Å²) in [7, 11) is 0. The summed E-state index contributed by atoms with van der Waals surface area (Å²) in [5, 5.41) is 14.0. The summed E-state index contributed by atoms with van der Waals surface area (Å²) < 4.78 is 5.03. The number of furan rings is 1. The molecule has 3 N–H and O–H groups in total. The molecule has 18 heavy (non-hydrogen) atoms. The van der Waals surface area contributed by atoms with Gasteiger partial charge in [-0.25, -0.2) is 9.59 Å². The molecule has 1 aromatic heterocycles. The zero-order chi connectivity index (χ0) is 13.6. The van der Waals surface area contributed by atoms with Crippen molar-refractivity contribution in [3.63, 3.8) is 0 Å². The number of carboxylic acid groups (broad SMARTS) is 1. The van der Waals surface area contributed by atoms with Crippen LogP contribution in [0.1, 0.15) is 19.1 Å². The average molecular weight is 250 g/mol. The zero-order valence-corrected chi connectivity index (χ0v) is 9.90. The van der Waals surface area contributed by atoms with Crippen LogP contribution in [0, 0.1) is 12.3 Å². The van der Waals surface area contributed by atoms with Crippen molar-refractivity contribution in [2.45, 2.75) is 18.9 Å². The van der Waals surface area contributed by atoms with Crippen LogP contribution >= 0.6 is 0 Å². The number of aliphatic carboxylic acids is 1. The van der Waals surface area contributed by atoms with Crippen molar-refractivity contribution in [3.05, 3.63) is 24.2 Å². The molecule has 0 aliphatic carbocycles. The van der Waals surface area contributed by atoms with Gasteiger partial charge in [-0.2, -0.15) is 0 Å². The second-order valence-electron chi connectivity index (χ2n) is 3.74. The van der Waals surface area contributed by atoms with Gasteiger partial charge in [-0.1, -0.05) is 0 Å². The number of carbonyl (C=O) groups is 2. The molecule has 1 heterocycles. The average Bonchev–Trinajstić information content (AvgIpc) is 2.82. The topological polar surface area (TPSA) is 91.6 Å². The maximum absolute atomic E-state index is 11.5. The molecule has 0 fully saturated rings. The number of amides is 2. The van der Waals surface area contributed by atoms with Gasteiger partial charge in [-0.05, 0) is 19.1 Å². The minimum Gasteiger partial charge on any atom is -0.479 e. The lowest BCUT2D eigenvalue weighted by Gasteiger charge is -2.23. The number of carboxylic acids is 1. The van der Waals surface area contributed by atoms with E-state index in [4.69, 9.17) is 10.8 Å². The molecule has 0 aliphatic rings. The lowest BCUT2D eigenvalue weighted by atomic mass is 9.99. The molecule has 0 aromatic carbocycles. The first kappa shape index (κ1) is 13.6. The predicted molar refractivity (Wildman–Crippen MR) is 63.7 cm³/mol. The largest absolute Gasteiger partial charge is 0.479 e. The Hall–Kier alpha value is -2.42. The van der Waals surface area contributed by atoms with Crippen LogP contribution in [-0.2, 0) is 10.3 Å². The van der Waals surface area contributed by atoms with Crippen molar-refractivity contribution in [1.82, 2.24) is 10.6 Å². The fourth-order valence-electron chi connectivity index (χ4n) is 1.30. The van der Waals surface area contributed by atoms with Gasteiger partial charge in [0.25, 0.3) is 0 Å². The normalized spacial score (nSPS) is 13.1. The molecule has 1 aromatic rings. The summed E-state index contributed by atoms with van der Waals surface area (Å²) in [6.07, 6.45) is 6.75. The van der Waals surface area contributed by atoms with Crippen LogP contribution in [0.15, 0.2) is 22.8 Å². The summed E-state index contributed by atoms with van der Waals surface area (Å²) in [5.74, 6) is 1.28. The van der Waals surface area contributed by atoms with Gasteiger partial charge in [-0.3, -0.25) is 0 Å². The highest BCUT2D eigenvalue weighted by Crippen LogP contribution is 2.21. The van der Waals surface area contributed by atoms with Crippen LogP contribution in [0.5, 0.6) is 0 Å². The zero-order valence-electron chi connectivity index (χ0n) is 9.90. The summed E-state index contributed by atoms with van der Waals surface area (Å²) in [4.78, 5) is 22.8. The lowest BCUT2D eigenvalue weighted by molar-refractivity contribution is -0.144. The van der Waals surface area contributed by atoms with Crippen molar-refractivity contribution < 1.29 is 19.1 Å². The van der Waals surface area contributed by atoms with Crippen LogP contribution in [0.2, 0.25) is 0 Å². The van der Waals surface area contributed by atoms with E-state index in [-0.39, 0.29) is 12.3 Å². The maximum Gasteiger partial charge on any atom is 0.337 e. The number of rotatable bonds is 5. The van der Waals surface area contributed by atoms with Gasteiger partial charge >= 0.3 is 12.0 Å². The van der Waals surface area contributed by atoms with Gasteiger partial charge in [0.2, 0.25) is 0 Å². The molecular formula is C12H14N2O4. The highest BCUT2D eigenvalue weighted by Gasteiger charge is 2.39. The van der Waals surface area contributed by atoms with Crippen LogP contribution in [0.3, 0.4) is 0 Å². The van der Waals surface area contributed by atoms with Gasteiger partial charge in [0, 0.05) is 13.0 Å². The molecule has 0 bridgehead atoms. The quantitative estimate of drug-likeness (QED) is 0.535. The molecular weight excluding hydrogens is 236 g/mol. The van der Waals surface area contributed by atoms with Crippen molar-refractivity contribution in [3.8, 4) is 12.3 Å². The van der Waals surface area contributed by atoms with E-state index in [9.17, 15) is 14.7 Å². The van der Waals surface area contributed by atoms with Gasteiger partial charge in [0.05, 0.1) is 6.26 Å². The molecule has 0 saturated carbocycles. The SMILES string of the molecule is C#CCCNC(=O)NC(C)(C(=O)O)c1ccco1. The minimum absolute atomic E-state index is 0.141. The van der Waals surface area contributed by atoms with E-state index in [1.165, 1.54) is 19.3 Å². The molecule has 0 aliphatic heterocycles. The molecule has 0 saturated heterocycles. The van der Waals surface area contributed by atoms with E-state index in [0.29, 0.717) is 6.42 Å². The van der Waals surface area contributed by atoms with Gasteiger partial charge in [-0.15, -0.1) is 12.3 Å². The van der Waals surface area contributed by atoms with Crippen LogP contribution < -0.4 is 10.6 Å². The minimum atomic E-state index is -1.62. The van der Waals surface area contributed by atoms with Crippen molar-refractivity contribution in [2.24, 2.45) is 0 Å². The molecule has 6 heteroatoms. The first-order valence-electron chi connectivity index (χ1n) is 5.27. The molecule has 1 rings (SSSR count). The molecule has 2 amide bonds. The third-order valence-electron chi connectivity index (χ3n) is 2.36. The van der Waals surface area contributed by atoms with Crippen molar-refractivity contribution >= 4 is 12.0 Å². The van der Waals surface area contributed by atoms with Crippen LogP contribution in [0.25, 0.3) is 0 Å². The Labute approximate surface area is 104 Å². The molecule has 6 nitrogen and oxygen atoms in total. The number of nitrogens with one attached hydrogen (secondary N) is 2. The van der Waals surface area contributed by atoms with Crippen LogP contribution in [0.4, 0.5) is 4.79 Å². The Balaban J connectivity index is 2.73. The first-order chi connectivity index (χ1) is 8.50. The summed E-state index contributed by atoms with van der Waals surface area (Å²) >= 11 is 0. The Kier molecular flexibility index (Phi) is 4.38. The molecule has 1 atom stereocenters. The summed E-state index contributed by atoms with van der Waals surface area (Å²) in [6.45, 7) is 1.62. The second-order valence-corrected chi connectivity index (χ2v) is 3.74. The number of hydrogen-bond donors (Lipinski definition) is 3. The number of hydrogen-bond acceptors (Lipinski definition) is 3. The van der Waals surface area contributed by atoms with E-state index >= 15 is 0 Å². The Bertz CT molecular complexity index is 461. The number of carbonyl (C=O) groups excluding carboxylic acids is 1. The summed E-state index contributed by atoms with van der Waals surface area (Å²) in [5.41, 5.74) is -1.62. The maximum atomic E-state index is 11.5. The van der Waals surface area contributed by atoms with Crippen molar-refractivity contribution in [1.29, 1.82) is 0 Å².